The fourth-order valence-electron chi connectivity index (χ4n) is 5.67. The number of aromatic nitrogens is 3. The van der Waals surface area contributed by atoms with Crippen LogP contribution in [0.1, 0.15) is 35.5 Å². The Morgan fingerprint density at radius 2 is 1.84 bits per heavy atom. The van der Waals surface area contributed by atoms with Gasteiger partial charge in [0, 0.05) is 43.3 Å². The second kappa shape index (κ2) is 12.0. The summed E-state index contributed by atoms with van der Waals surface area (Å²) < 4.78 is 33.1. The SMILES string of the molecule is C[C@@H]1CN(c2cccc(-c3ccc4cnc(CNC(=O)c5ccc6c(c5)S(=O)(=O)N(CCO)CC6)cc4n3)n2)C[C@H](C)O1. The first-order chi connectivity index (χ1) is 20.7. The quantitative estimate of drug-likeness (QED) is 0.327. The van der Waals surface area contributed by atoms with Crippen LogP contribution in [0.5, 0.6) is 0 Å². The highest BCUT2D eigenvalue weighted by atomic mass is 32.2. The maximum atomic E-state index is 13.0. The second-order valence-electron chi connectivity index (χ2n) is 11.0. The van der Waals surface area contributed by atoms with Crippen LogP contribution in [0, 0.1) is 0 Å². The van der Waals surface area contributed by atoms with Gasteiger partial charge in [0.05, 0.1) is 52.9 Å². The van der Waals surface area contributed by atoms with Gasteiger partial charge in [0.1, 0.15) is 5.82 Å². The number of sulfonamides is 1. The highest BCUT2D eigenvalue weighted by Crippen LogP contribution is 2.28. The molecule has 0 unspecified atom stereocenters. The van der Waals surface area contributed by atoms with E-state index < -0.39 is 15.9 Å². The van der Waals surface area contributed by atoms with Crippen LogP contribution in [0.3, 0.4) is 0 Å². The summed E-state index contributed by atoms with van der Waals surface area (Å²) in [7, 11) is -3.77. The zero-order valence-corrected chi connectivity index (χ0v) is 24.9. The Balaban J connectivity index is 1.18. The van der Waals surface area contributed by atoms with Crippen molar-refractivity contribution in [2.45, 2.75) is 43.9 Å². The number of hydrogen-bond donors (Lipinski definition) is 2. The van der Waals surface area contributed by atoms with Crippen molar-refractivity contribution in [2.75, 3.05) is 37.7 Å². The molecular formula is C31H34N6O5S. The highest BCUT2D eigenvalue weighted by molar-refractivity contribution is 7.89. The number of hydrogen-bond acceptors (Lipinski definition) is 9. The Kier molecular flexibility index (Phi) is 8.10. The number of nitrogens with zero attached hydrogens (tertiary/aromatic N) is 5. The summed E-state index contributed by atoms with van der Waals surface area (Å²) in [6.07, 6.45) is 2.50. The minimum atomic E-state index is -3.77. The molecule has 5 heterocycles. The number of β-amino-alcohol motifs (C(OH)–C–C–N with tert-alkyl or cyclic N) is 1. The standard InChI is InChI=1S/C31H34N6O5S/c1-20-18-36(19-21(2)42-20)30-5-3-4-26(35-30)27-9-8-24-16-32-25(15-28(24)34-27)17-33-31(39)23-7-6-22-10-11-37(12-13-38)43(40,41)29(22)14-23/h3-9,14-16,20-21,38H,10-13,17-19H2,1-2H3,(H,33,39)/t20-,21+. The molecule has 2 atom stereocenters. The number of carbonyl (C=O) groups is 1. The lowest BCUT2D eigenvalue weighted by Gasteiger charge is -2.36. The lowest BCUT2D eigenvalue weighted by Crippen LogP contribution is -2.45. The first kappa shape index (κ1) is 29.1. The van der Waals surface area contributed by atoms with E-state index in [1.807, 2.05) is 36.4 Å². The zero-order valence-electron chi connectivity index (χ0n) is 24.1. The van der Waals surface area contributed by atoms with Crippen LogP contribution >= 0.6 is 0 Å². The third kappa shape index (κ3) is 6.09. The molecule has 0 spiro atoms. The number of rotatable bonds is 7. The van der Waals surface area contributed by atoms with E-state index in [0.29, 0.717) is 24.2 Å². The Labute approximate surface area is 250 Å². The second-order valence-corrected chi connectivity index (χ2v) is 12.9. The van der Waals surface area contributed by atoms with Crippen molar-refractivity contribution >= 4 is 32.7 Å². The smallest absolute Gasteiger partial charge is 0.251 e. The van der Waals surface area contributed by atoms with Crippen LogP contribution in [0.2, 0.25) is 0 Å². The van der Waals surface area contributed by atoms with E-state index in [1.165, 1.54) is 10.4 Å². The van der Waals surface area contributed by atoms with Crippen LogP contribution < -0.4 is 10.2 Å². The first-order valence-corrected chi connectivity index (χ1v) is 15.8. The number of aliphatic hydroxyl groups is 1. The van der Waals surface area contributed by atoms with Crippen molar-refractivity contribution in [3.05, 3.63) is 77.6 Å². The molecule has 11 nitrogen and oxygen atoms in total. The molecule has 1 aromatic carbocycles. The summed E-state index contributed by atoms with van der Waals surface area (Å²) in [5, 5.41) is 12.9. The number of morpholine rings is 1. The predicted octanol–water partition coefficient (Wildman–Crippen LogP) is 2.77. The van der Waals surface area contributed by atoms with Crippen molar-refractivity contribution in [3.63, 3.8) is 0 Å². The minimum absolute atomic E-state index is 0.0233. The first-order valence-electron chi connectivity index (χ1n) is 14.4. The van der Waals surface area contributed by atoms with Gasteiger partial charge in [-0.3, -0.25) is 9.78 Å². The Hall–Kier alpha value is -3.97. The number of anilines is 1. The highest BCUT2D eigenvalue weighted by Gasteiger charge is 2.31. The molecule has 0 saturated carbocycles. The Bertz CT molecular complexity index is 1770. The molecule has 43 heavy (non-hydrogen) atoms. The molecule has 0 radical (unpaired) electrons. The average molecular weight is 603 g/mol. The molecule has 1 saturated heterocycles. The van der Waals surface area contributed by atoms with E-state index >= 15 is 0 Å². The van der Waals surface area contributed by atoms with Gasteiger partial charge in [0.2, 0.25) is 10.0 Å². The fourth-order valence-corrected chi connectivity index (χ4v) is 7.38. The maximum Gasteiger partial charge on any atom is 0.251 e. The van der Waals surface area contributed by atoms with Crippen LogP contribution in [0.15, 0.2) is 65.7 Å². The van der Waals surface area contributed by atoms with E-state index in [4.69, 9.17) is 14.7 Å². The molecule has 6 rings (SSSR count). The van der Waals surface area contributed by atoms with Crippen LogP contribution in [-0.2, 0) is 27.7 Å². The van der Waals surface area contributed by atoms with Crippen molar-refractivity contribution in [1.29, 1.82) is 0 Å². The van der Waals surface area contributed by atoms with Gasteiger partial charge in [0.25, 0.3) is 5.91 Å². The summed E-state index contributed by atoms with van der Waals surface area (Å²) in [4.78, 5) is 29.6. The number of nitrogens with one attached hydrogen (secondary N) is 1. The van der Waals surface area contributed by atoms with Crippen molar-refractivity contribution in [3.8, 4) is 11.4 Å². The molecule has 0 aliphatic carbocycles. The largest absolute Gasteiger partial charge is 0.395 e. The predicted molar refractivity (Wildman–Crippen MR) is 162 cm³/mol. The molecule has 0 bridgehead atoms. The van der Waals surface area contributed by atoms with E-state index in [9.17, 15) is 18.3 Å². The van der Waals surface area contributed by atoms with Gasteiger partial charge in [-0.25, -0.2) is 18.4 Å². The van der Waals surface area contributed by atoms with E-state index in [2.05, 4.69) is 29.0 Å². The molecule has 1 fully saturated rings. The van der Waals surface area contributed by atoms with E-state index in [0.717, 1.165) is 41.2 Å². The molecule has 2 N–H and O–H groups in total. The summed E-state index contributed by atoms with van der Waals surface area (Å²) >= 11 is 0. The average Bonchev–Trinajstić information content (AvgIpc) is 3.00. The number of carbonyl (C=O) groups excluding carboxylic acids is 1. The van der Waals surface area contributed by atoms with Crippen LogP contribution in [-0.4, -0.2) is 83.7 Å². The Morgan fingerprint density at radius 1 is 1.05 bits per heavy atom. The van der Waals surface area contributed by atoms with Crippen molar-refractivity contribution < 1.29 is 23.1 Å². The van der Waals surface area contributed by atoms with Crippen molar-refractivity contribution in [1.82, 2.24) is 24.6 Å². The van der Waals surface area contributed by atoms with Crippen LogP contribution in [0.4, 0.5) is 5.82 Å². The van der Waals surface area contributed by atoms with Gasteiger partial charge in [0.15, 0.2) is 0 Å². The summed E-state index contributed by atoms with van der Waals surface area (Å²) in [5.41, 5.74) is 3.74. The molecule has 2 aliphatic heterocycles. The Morgan fingerprint density at radius 3 is 2.63 bits per heavy atom. The number of aliphatic hydroxyl groups excluding tert-OH is 1. The molecule has 224 valence electrons. The third-order valence-corrected chi connectivity index (χ3v) is 9.71. The monoisotopic (exact) mass is 602 g/mol. The number of fused-ring (bicyclic) bond motifs is 2. The maximum absolute atomic E-state index is 13.0. The molecular weight excluding hydrogens is 568 g/mol. The van der Waals surface area contributed by atoms with Gasteiger partial charge >= 0.3 is 0 Å². The molecule has 4 aromatic rings. The normalized spacial score (nSPS) is 20.1. The number of benzene rings is 1. The van der Waals surface area contributed by atoms with E-state index in [1.54, 1.807) is 18.3 Å². The summed E-state index contributed by atoms with van der Waals surface area (Å²) in [6.45, 7) is 5.88. The lowest BCUT2D eigenvalue weighted by molar-refractivity contribution is -0.00545. The number of amides is 1. The van der Waals surface area contributed by atoms with Gasteiger partial charge in [-0.05, 0) is 68.3 Å². The number of pyridine rings is 3. The lowest BCUT2D eigenvalue weighted by atomic mass is 10.1. The summed E-state index contributed by atoms with van der Waals surface area (Å²) in [5.74, 6) is 0.476. The van der Waals surface area contributed by atoms with E-state index in [-0.39, 0.29) is 42.4 Å². The minimum Gasteiger partial charge on any atom is -0.395 e. The third-order valence-electron chi connectivity index (χ3n) is 7.73. The zero-order chi connectivity index (χ0) is 30.1. The van der Waals surface area contributed by atoms with Gasteiger partial charge < -0.3 is 20.1 Å². The number of ether oxygens (including phenoxy) is 1. The van der Waals surface area contributed by atoms with Crippen molar-refractivity contribution in [2.24, 2.45) is 0 Å². The molecule has 2 aliphatic rings. The molecule has 12 heteroatoms. The molecule has 3 aromatic heterocycles. The summed E-state index contributed by atoms with van der Waals surface area (Å²) in [6, 6.07) is 16.4. The van der Waals surface area contributed by atoms with Gasteiger partial charge in [-0.1, -0.05) is 12.1 Å². The van der Waals surface area contributed by atoms with Crippen LogP contribution in [0.25, 0.3) is 22.3 Å². The molecule has 1 amide bonds. The fraction of sp³-hybridized carbons (Fsp3) is 0.355. The van der Waals surface area contributed by atoms with Gasteiger partial charge in [-0.2, -0.15) is 4.31 Å². The topological polar surface area (TPSA) is 138 Å². The van der Waals surface area contributed by atoms with Gasteiger partial charge in [-0.15, -0.1) is 0 Å².